The molecule has 7 heteroatoms. The first-order valence-corrected chi connectivity index (χ1v) is 14.5. The van der Waals surface area contributed by atoms with Crippen molar-refractivity contribution in [3.8, 4) is 0 Å². The van der Waals surface area contributed by atoms with Crippen LogP contribution in [0.4, 0.5) is 13.2 Å². The van der Waals surface area contributed by atoms with Crippen molar-refractivity contribution in [1.29, 1.82) is 0 Å². The maximum atomic E-state index is 13.3. The minimum atomic E-state index is -4.50. The van der Waals surface area contributed by atoms with Crippen LogP contribution in [-0.2, 0) is 17.3 Å². The van der Waals surface area contributed by atoms with Crippen LogP contribution in [0.25, 0.3) is 5.57 Å². The largest absolute Gasteiger partial charge is 0.417 e. The zero-order chi connectivity index (χ0) is 29.8. The van der Waals surface area contributed by atoms with Crippen LogP contribution in [0.1, 0.15) is 145 Å². The van der Waals surface area contributed by atoms with Crippen LogP contribution in [0.2, 0.25) is 0 Å². The molecule has 2 aliphatic rings. The molecule has 4 rings (SSSR count). The van der Waals surface area contributed by atoms with Crippen molar-refractivity contribution in [3.05, 3.63) is 63.7 Å². The molecule has 0 aromatic carbocycles. The molecule has 0 fully saturated rings. The summed E-state index contributed by atoms with van der Waals surface area (Å²) in [6.45, 7) is 19.4. The Morgan fingerprint density at radius 1 is 1.07 bits per heavy atom. The number of halogens is 3. The molecule has 0 radical (unpaired) electrons. The van der Waals surface area contributed by atoms with Crippen LogP contribution in [0.15, 0.2) is 24.4 Å². The average molecular weight is 559 g/mol. The van der Waals surface area contributed by atoms with Crippen molar-refractivity contribution in [2.75, 3.05) is 0 Å². The number of alkyl halides is 3. The van der Waals surface area contributed by atoms with E-state index in [1.54, 1.807) is 0 Å². The third-order valence-corrected chi connectivity index (χ3v) is 8.91. The normalized spacial score (nSPS) is 20.4. The topological polar surface area (TPSA) is 55.2 Å². The van der Waals surface area contributed by atoms with Crippen molar-refractivity contribution < 1.29 is 23.0 Å². The maximum absolute atomic E-state index is 13.3. The van der Waals surface area contributed by atoms with Gasteiger partial charge in [-0.3, -0.25) is 9.97 Å². The van der Waals surface area contributed by atoms with Gasteiger partial charge in [0.25, 0.3) is 0 Å². The predicted octanol–water partition coefficient (Wildman–Crippen LogP) is 9.12. The third kappa shape index (κ3) is 6.01. The van der Waals surface area contributed by atoms with Crippen molar-refractivity contribution >= 4 is 5.57 Å². The Morgan fingerprint density at radius 3 is 2.25 bits per heavy atom. The van der Waals surface area contributed by atoms with Gasteiger partial charge in [-0.05, 0) is 86.0 Å². The molecular weight excluding hydrogens is 513 g/mol. The number of hydrogen-bond acceptors (Lipinski definition) is 4. The van der Waals surface area contributed by atoms with Gasteiger partial charge >= 0.3 is 6.18 Å². The number of fused-ring (bicyclic) bond motifs is 1. The van der Waals surface area contributed by atoms with E-state index in [4.69, 9.17) is 9.72 Å². The molecule has 0 bridgehead atoms. The molecule has 2 aromatic heterocycles. The van der Waals surface area contributed by atoms with Gasteiger partial charge in [0.15, 0.2) is 0 Å². The number of allylic oxidation sites excluding steroid dienone is 2. The Hall–Kier alpha value is -2.25. The molecule has 0 saturated heterocycles. The standard InChI is InChI=1S/C33H45F3N2O2/c1-19(2)28-27(29(39)22-15-14-21(18-37-22)33(34,35)36)25(20-12-10-11-13-20)26-23(38-28)16-31(6,7)17-24(26)40-32(8,9)30(3,4)5/h12,14-15,18-19,24,29,39H,10-11,13,16-17H2,1-9H3. The molecule has 2 heterocycles. The lowest BCUT2D eigenvalue weighted by molar-refractivity contribution is -0.145. The van der Waals surface area contributed by atoms with Gasteiger partial charge in [-0.2, -0.15) is 13.2 Å². The number of aliphatic hydroxyl groups excluding tert-OH is 1. The van der Waals surface area contributed by atoms with Crippen molar-refractivity contribution in [2.24, 2.45) is 10.8 Å². The van der Waals surface area contributed by atoms with Gasteiger partial charge < -0.3 is 9.84 Å². The van der Waals surface area contributed by atoms with Crippen LogP contribution in [0.3, 0.4) is 0 Å². The number of pyridine rings is 2. The first kappa shape index (κ1) is 30.7. The second-order valence-electron chi connectivity index (χ2n) is 14.2. The average Bonchev–Trinajstić information content (AvgIpc) is 3.35. The second kappa shape index (κ2) is 10.5. The Morgan fingerprint density at radius 2 is 1.75 bits per heavy atom. The van der Waals surface area contributed by atoms with Gasteiger partial charge in [0, 0.05) is 23.0 Å². The smallest absolute Gasteiger partial charge is 0.382 e. The van der Waals surface area contributed by atoms with E-state index in [0.717, 1.165) is 72.5 Å². The SMILES string of the molecule is CC(C)c1nc2c(c(C3=CCCC3)c1C(O)c1ccc(C(F)(F)F)cn1)C(OC(C)(C)C(C)(C)C)CC(C)(C)C2. The molecule has 4 nitrogen and oxygen atoms in total. The van der Waals surface area contributed by atoms with E-state index in [1.165, 1.54) is 6.07 Å². The molecule has 1 N–H and O–H groups in total. The molecule has 2 atom stereocenters. The molecule has 0 saturated carbocycles. The zero-order valence-corrected chi connectivity index (χ0v) is 25.5. The lowest BCUT2D eigenvalue weighted by atomic mass is 9.70. The number of hydrogen-bond donors (Lipinski definition) is 1. The Balaban J connectivity index is 1.99. The summed E-state index contributed by atoms with van der Waals surface area (Å²) in [6.07, 6.45) is 1.49. The molecule has 40 heavy (non-hydrogen) atoms. The fourth-order valence-corrected chi connectivity index (χ4v) is 5.77. The quantitative estimate of drug-likeness (QED) is 0.384. The molecule has 0 amide bonds. The highest BCUT2D eigenvalue weighted by Gasteiger charge is 2.44. The monoisotopic (exact) mass is 558 g/mol. The highest BCUT2D eigenvalue weighted by molar-refractivity contribution is 5.75. The van der Waals surface area contributed by atoms with Crippen LogP contribution < -0.4 is 0 Å². The van der Waals surface area contributed by atoms with Gasteiger partial charge in [0.05, 0.1) is 28.7 Å². The summed E-state index contributed by atoms with van der Waals surface area (Å²) < 4.78 is 46.8. The zero-order valence-electron chi connectivity index (χ0n) is 25.5. The Bertz CT molecular complexity index is 1270. The van der Waals surface area contributed by atoms with Crippen LogP contribution in [0.5, 0.6) is 0 Å². The van der Waals surface area contributed by atoms with E-state index in [-0.39, 0.29) is 28.5 Å². The number of aliphatic hydroxyl groups is 1. The molecular formula is C33H45F3N2O2. The van der Waals surface area contributed by atoms with E-state index >= 15 is 0 Å². The first-order chi connectivity index (χ1) is 18.3. The van der Waals surface area contributed by atoms with E-state index < -0.39 is 23.4 Å². The lowest BCUT2D eigenvalue weighted by Crippen LogP contribution is -2.43. The highest BCUT2D eigenvalue weighted by Crippen LogP contribution is 2.52. The van der Waals surface area contributed by atoms with E-state index in [9.17, 15) is 18.3 Å². The molecule has 2 aromatic rings. The molecule has 2 unspecified atom stereocenters. The summed E-state index contributed by atoms with van der Waals surface area (Å²) >= 11 is 0. The van der Waals surface area contributed by atoms with Gasteiger partial charge in [0.2, 0.25) is 0 Å². The number of ether oxygens (including phenoxy) is 1. The minimum absolute atomic E-state index is 0.0134. The summed E-state index contributed by atoms with van der Waals surface area (Å²) in [6, 6.07) is 2.27. The van der Waals surface area contributed by atoms with Crippen molar-refractivity contribution in [3.63, 3.8) is 0 Å². The van der Waals surface area contributed by atoms with Gasteiger partial charge in [-0.1, -0.05) is 54.5 Å². The highest BCUT2D eigenvalue weighted by atomic mass is 19.4. The van der Waals surface area contributed by atoms with Gasteiger partial charge in [-0.25, -0.2) is 0 Å². The first-order valence-electron chi connectivity index (χ1n) is 14.5. The fourth-order valence-electron chi connectivity index (χ4n) is 5.77. The molecule has 0 aliphatic heterocycles. The van der Waals surface area contributed by atoms with Crippen LogP contribution in [-0.4, -0.2) is 20.7 Å². The van der Waals surface area contributed by atoms with Crippen LogP contribution in [0, 0.1) is 10.8 Å². The lowest BCUT2D eigenvalue weighted by Gasteiger charge is -2.46. The van der Waals surface area contributed by atoms with Gasteiger partial charge in [0.1, 0.15) is 6.10 Å². The predicted molar refractivity (Wildman–Crippen MR) is 153 cm³/mol. The van der Waals surface area contributed by atoms with E-state index in [2.05, 4.69) is 59.5 Å². The van der Waals surface area contributed by atoms with Crippen molar-refractivity contribution in [1.82, 2.24) is 9.97 Å². The summed E-state index contributed by atoms with van der Waals surface area (Å²) in [4.78, 5) is 9.30. The maximum Gasteiger partial charge on any atom is 0.417 e. The Kier molecular flexibility index (Phi) is 8.09. The number of rotatable bonds is 6. The van der Waals surface area contributed by atoms with E-state index in [1.807, 2.05) is 13.8 Å². The molecule has 0 spiro atoms. The molecule has 220 valence electrons. The fraction of sp³-hybridized carbons (Fsp3) is 0.636. The molecule has 2 aliphatic carbocycles. The third-order valence-electron chi connectivity index (χ3n) is 8.91. The number of nitrogens with zero attached hydrogens (tertiary/aromatic N) is 2. The van der Waals surface area contributed by atoms with Crippen molar-refractivity contribution in [2.45, 2.75) is 124 Å². The van der Waals surface area contributed by atoms with Crippen LogP contribution >= 0.6 is 0 Å². The number of aromatic nitrogens is 2. The summed E-state index contributed by atoms with van der Waals surface area (Å²) in [5, 5.41) is 11.9. The summed E-state index contributed by atoms with van der Waals surface area (Å²) in [5.74, 6) is -0.0134. The summed E-state index contributed by atoms with van der Waals surface area (Å²) in [7, 11) is 0. The summed E-state index contributed by atoms with van der Waals surface area (Å²) in [5.41, 5.74) is 4.28. The minimum Gasteiger partial charge on any atom is -0.382 e. The van der Waals surface area contributed by atoms with Gasteiger partial charge in [-0.15, -0.1) is 0 Å². The Labute approximate surface area is 237 Å². The second-order valence-corrected chi connectivity index (χ2v) is 14.2. The van der Waals surface area contributed by atoms with E-state index in [0.29, 0.717) is 5.56 Å².